The van der Waals surface area contributed by atoms with Gasteiger partial charge in [-0.25, -0.2) is 0 Å². The smallest absolute Gasteiger partial charge is 0.0792 e. The first-order valence-corrected chi connectivity index (χ1v) is 36.6. The minimum Gasteiger partial charge on any atom is -0.115 e. The number of terminal acetylenes is 2. The first-order chi connectivity index (χ1) is 25.3. The predicted octanol–water partition coefficient (Wildman–Crippen LogP) is 11.8. The molecule has 8 aliphatic carbocycles. The zero-order valence-electron chi connectivity index (χ0n) is 38.9. The quantitative estimate of drug-likeness (QED) is 0.193. The van der Waals surface area contributed by atoms with E-state index in [1.807, 2.05) is 0 Å². The molecule has 0 heterocycles. The molecular weight excluding hydrogens is 737 g/mol. The van der Waals surface area contributed by atoms with Gasteiger partial charge in [0.25, 0.3) is 0 Å². The highest BCUT2D eigenvalue weighted by Crippen LogP contribution is 2.85. The highest BCUT2D eigenvalue weighted by Gasteiger charge is 2.76. The van der Waals surface area contributed by atoms with Gasteiger partial charge in [0.1, 0.15) is 0 Å². The van der Waals surface area contributed by atoms with Crippen LogP contribution in [0.15, 0.2) is 24.3 Å². The first kappa shape index (κ1) is 41.2. The zero-order valence-corrected chi connectivity index (χ0v) is 42.9. The van der Waals surface area contributed by atoms with Crippen LogP contribution in [0.4, 0.5) is 0 Å². The fourth-order valence-electron chi connectivity index (χ4n) is 17.6. The summed E-state index contributed by atoms with van der Waals surface area (Å²) >= 11 is 0. The maximum Gasteiger partial charge on any atom is 0.0792 e. The van der Waals surface area contributed by atoms with Gasteiger partial charge < -0.3 is 0 Å². The Kier molecular flexibility index (Phi) is 8.54. The third-order valence-corrected chi connectivity index (χ3v) is 25.4. The fourth-order valence-corrected chi connectivity index (χ4v) is 23.3. The van der Waals surface area contributed by atoms with E-state index in [0.717, 1.165) is 0 Å². The zero-order chi connectivity index (χ0) is 41.3. The van der Waals surface area contributed by atoms with Crippen LogP contribution in [-0.2, 0) is 10.8 Å². The Labute approximate surface area is 349 Å². The molecule has 8 saturated carbocycles. The predicted molar refractivity (Wildman–Crippen MR) is 257 cm³/mol. The van der Waals surface area contributed by atoms with Gasteiger partial charge in [0, 0.05) is 11.1 Å². The van der Waals surface area contributed by atoms with Gasteiger partial charge in [0.2, 0.25) is 0 Å². The Morgan fingerprint density at radius 3 is 0.911 bits per heavy atom. The summed E-state index contributed by atoms with van der Waals surface area (Å²) in [4.78, 5) is 0. The van der Waals surface area contributed by atoms with Crippen molar-refractivity contribution in [3.63, 3.8) is 0 Å². The molecule has 0 radical (unpaired) electrons. The second-order valence-electron chi connectivity index (χ2n) is 27.7. The molecule has 56 heavy (non-hydrogen) atoms. The van der Waals surface area contributed by atoms with Gasteiger partial charge in [-0.15, -0.1) is 12.8 Å². The van der Waals surface area contributed by atoms with E-state index in [0.29, 0.717) is 32.5 Å². The van der Waals surface area contributed by atoms with E-state index in [2.05, 4.69) is 142 Å². The summed E-state index contributed by atoms with van der Waals surface area (Å²) in [5.41, 5.74) is 8.16. The van der Waals surface area contributed by atoms with Crippen molar-refractivity contribution in [3.05, 3.63) is 46.5 Å². The Hall–Kier alpha value is -1.57. The van der Waals surface area contributed by atoms with E-state index in [-0.39, 0.29) is 10.8 Å². The van der Waals surface area contributed by atoms with Gasteiger partial charge in [0.15, 0.2) is 0 Å². The van der Waals surface area contributed by atoms with Crippen molar-refractivity contribution in [2.45, 2.75) is 194 Å². The molecule has 8 fully saturated rings. The summed E-state index contributed by atoms with van der Waals surface area (Å²) in [7, 11) is -6.64. The van der Waals surface area contributed by atoms with Crippen LogP contribution < -0.4 is 20.7 Å². The van der Waals surface area contributed by atoms with Crippen LogP contribution in [0, 0.1) is 57.2 Å². The van der Waals surface area contributed by atoms with Crippen molar-refractivity contribution in [3.8, 4) is 24.7 Å². The summed E-state index contributed by atoms with van der Waals surface area (Å²) in [5, 5.41) is 6.40. The number of benzene rings is 2. The maximum atomic E-state index is 6.77. The van der Waals surface area contributed by atoms with Crippen LogP contribution in [0.3, 0.4) is 0 Å². The standard InChI is InChI=1S/C52H78Si4/c1-19-39-41(21-37(53(7,8)9)23-43(39)55(13,14)15)49-27-45(3)25-46(4,28-49)32-51(31-45,35-49)52-33-47(5)26-48(6,34-52)30-50(29-47,36-52)42-22-38(54(10,11)12)24-44(40(42)20-2)56(16,17)18/h1-2,21-24H,25-36H2,3-18H3. The Morgan fingerprint density at radius 2 is 0.679 bits per heavy atom. The Morgan fingerprint density at radius 1 is 0.393 bits per heavy atom. The number of hydrogen-bond acceptors (Lipinski definition) is 0. The molecule has 0 saturated heterocycles. The summed E-state index contributed by atoms with van der Waals surface area (Å²) in [5.74, 6) is 6.94. The van der Waals surface area contributed by atoms with E-state index < -0.39 is 32.3 Å². The van der Waals surface area contributed by atoms with Crippen LogP contribution in [0.5, 0.6) is 0 Å². The molecule has 10 rings (SSSR count). The van der Waals surface area contributed by atoms with Gasteiger partial charge in [-0.05, 0) is 142 Å². The lowest BCUT2D eigenvalue weighted by molar-refractivity contribution is -0.275. The third-order valence-electron chi connectivity index (χ3n) is 17.4. The van der Waals surface area contributed by atoms with E-state index >= 15 is 0 Å². The molecule has 0 spiro atoms. The van der Waals surface area contributed by atoms with Gasteiger partial charge in [-0.2, -0.15) is 0 Å². The fraction of sp³-hybridized carbons (Fsp3) is 0.692. The lowest BCUT2D eigenvalue weighted by Crippen LogP contribution is -2.72. The lowest BCUT2D eigenvalue weighted by atomic mass is 9.24. The average molecular weight is 816 g/mol. The molecule has 2 aromatic carbocycles. The SMILES string of the molecule is C#Cc1c(C23CC4(C)CC(C)(C2)CC(C25CC6(C)CC(C)(CC(c7cc([Si](C)(C)C)cc([Si](C)(C)C)c7C#C)(C6)C2)C5)(C4)C3)cc([Si](C)(C)C)cc1[Si](C)(C)C. The van der Waals surface area contributed by atoms with E-state index in [1.165, 1.54) is 88.2 Å². The minimum absolute atomic E-state index is 0.148. The van der Waals surface area contributed by atoms with Gasteiger partial charge in [-0.1, -0.05) is 153 Å². The molecule has 0 amide bonds. The Bertz CT molecular complexity index is 1920. The summed E-state index contributed by atoms with van der Waals surface area (Å²) < 4.78 is 0. The van der Waals surface area contributed by atoms with Crippen molar-refractivity contribution in [2.75, 3.05) is 0 Å². The largest absolute Gasteiger partial charge is 0.115 e. The molecule has 8 bridgehead atoms. The van der Waals surface area contributed by atoms with Crippen LogP contribution >= 0.6 is 0 Å². The molecule has 302 valence electrons. The van der Waals surface area contributed by atoms with Crippen LogP contribution in [-0.4, -0.2) is 32.3 Å². The van der Waals surface area contributed by atoms with Gasteiger partial charge >= 0.3 is 0 Å². The molecule has 0 N–H and O–H groups in total. The summed E-state index contributed by atoms with van der Waals surface area (Å²) in [6.07, 6.45) is 30.0. The highest BCUT2D eigenvalue weighted by atomic mass is 28.3. The molecule has 2 aromatic rings. The van der Waals surface area contributed by atoms with Gasteiger partial charge in [0.05, 0.1) is 32.3 Å². The van der Waals surface area contributed by atoms with Crippen molar-refractivity contribution in [2.24, 2.45) is 32.5 Å². The molecule has 4 unspecified atom stereocenters. The minimum atomic E-state index is -1.71. The maximum absolute atomic E-state index is 6.77. The third kappa shape index (κ3) is 6.05. The first-order valence-electron chi connectivity index (χ1n) is 22.6. The monoisotopic (exact) mass is 815 g/mol. The average Bonchev–Trinajstić information content (AvgIpc) is 2.98. The molecule has 4 heteroatoms. The topological polar surface area (TPSA) is 0 Å². The summed E-state index contributed by atoms with van der Waals surface area (Å²) in [6.45, 7) is 41.6. The van der Waals surface area contributed by atoms with E-state index in [4.69, 9.17) is 12.8 Å². The molecule has 0 aromatic heterocycles. The highest BCUT2D eigenvalue weighted by molar-refractivity contribution is 6.92. The second-order valence-corrected chi connectivity index (χ2v) is 47.9. The number of hydrogen-bond donors (Lipinski definition) is 0. The normalized spacial score (nSPS) is 40.2. The van der Waals surface area contributed by atoms with Crippen LogP contribution in [0.1, 0.15) is 127 Å². The van der Waals surface area contributed by atoms with Crippen molar-refractivity contribution >= 4 is 53.0 Å². The van der Waals surface area contributed by atoms with Crippen molar-refractivity contribution in [1.82, 2.24) is 0 Å². The van der Waals surface area contributed by atoms with E-state index in [1.54, 1.807) is 31.9 Å². The van der Waals surface area contributed by atoms with Crippen molar-refractivity contribution < 1.29 is 0 Å². The van der Waals surface area contributed by atoms with Gasteiger partial charge in [-0.3, -0.25) is 0 Å². The molecule has 4 atom stereocenters. The molecular formula is C52H78Si4. The Balaban J connectivity index is 1.38. The lowest BCUT2D eigenvalue weighted by Gasteiger charge is -2.80. The van der Waals surface area contributed by atoms with Crippen LogP contribution in [0.2, 0.25) is 78.6 Å². The molecule has 0 nitrogen and oxygen atoms in total. The van der Waals surface area contributed by atoms with E-state index in [9.17, 15) is 0 Å². The van der Waals surface area contributed by atoms with Crippen molar-refractivity contribution in [1.29, 1.82) is 0 Å². The number of rotatable bonds is 7. The molecule has 8 aliphatic rings. The van der Waals surface area contributed by atoms with Crippen LogP contribution in [0.25, 0.3) is 0 Å². The molecule has 0 aliphatic heterocycles. The second kappa shape index (κ2) is 11.6. The summed E-state index contributed by atoms with van der Waals surface area (Å²) in [6, 6.07) is 10.7.